The SMILES string of the molecule is CSCC(C)Nc1cc(C)cnn1. The second-order valence-electron chi connectivity index (χ2n) is 3.12. The van der Waals surface area contributed by atoms with Crippen LogP contribution in [0.2, 0.25) is 0 Å². The summed E-state index contributed by atoms with van der Waals surface area (Å²) in [6.45, 7) is 4.15. The Bertz CT molecular complexity index is 265. The molecule has 4 heteroatoms. The normalized spacial score (nSPS) is 12.5. The van der Waals surface area contributed by atoms with Gasteiger partial charge in [0.25, 0.3) is 0 Å². The lowest BCUT2D eigenvalue weighted by Gasteiger charge is -2.12. The number of aromatic nitrogens is 2. The maximum atomic E-state index is 3.99. The fourth-order valence-electron chi connectivity index (χ4n) is 1.08. The minimum Gasteiger partial charge on any atom is -0.365 e. The van der Waals surface area contributed by atoms with E-state index in [0.29, 0.717) is 6.04 Å². The molecule has 1 N–H and O–H groups in total. The van der Waals surface area contributed by atoms with Crippen molar-refractivity contribution in [3.63, 3.8) is 0 Å². The van der Waals surface area contributed by atoms with Crippen LogP contribution in [0, 0.1) is 6.92 Å². The van der Waals surface area contributed by atoms with Gasteiger partial charge in [-0.2, -0.15) is 16.9 Å². The summed E-state index contributed by atoms with van der Waals surface area (Å²) in [5.74, 6) is 1.94. The third-order valence-electron chi connectivity index (χ3n) is 1.60. The number of rotatable bonds is 4. The molecule has 0 amide bonds. The van der Waals surface area contributed by atoms with E-state index in [4.69, 9.17) is 0 Å². The number of hydrogen-bond acceptors (Lipinski definition) is 4. The van der Waals surface area contributed by atoms with Crippen molar-refractivity contribution in [1.29, 1.82) is 0 Å². The van der Waals surface area contributed by atoms with Crippen molar-refractivity contribution in [2.45, 2.75) is 19.9 Å². The van der Waals surface area contributed by atoms with E-state index in [2.05, 4.69) is 28.7 Å². The molecule has 1 aromatic heterocycles. The molecule has 0 bridgehead atoms. The second kappa shape index (κ2) is 5.07. The van der Waals surface area contributed by atoms with E-state index in [1.54, 1.807) is 6.20 Å². The van der Waals surface area contributed by atoms with E-state index >= 15 is 0 Å². The van der Waals surface area contributed by atoms with Gasteiger partial charge in [0.2, 0.25) is 0 Å². The molecule has 0 aliphatic heterocycles. The molecule has 0 aromatic carbocycles. The van der Waals surface area contributed by atoms with E-state index in [0.717, 1.165) is 17.1 Å². The maximum Gasteiger partial charge on any atom is 0.149 e. The molecule has 1 aromatic rings. The van der Waals surface area contributed by atoms with Gasteiger partial charge in [0.05, 0.1) is 6.20 Å². The van der Waals surface area contributed by atoms with Crippen LogP contribution in [-0.2, 0) is 0 Å². The minimum absolute atomic E-state index is 0.436. The van der Waals surface area contributed by atoms with Gasteiger partial charge >= 0.3 is 0 Å². The maximum absolute atomic E-state index is 3.99. The van der Waals surface area contributed by atoms with Crippen LogP contribution in [0.4, 0.5) is 5.82 Å². The number of nitrogens with zero attached hydrogens (tertiary/aromatic N) is 2. The highest BCUT2D eigenvalue weighted by Crippen LogP contribution is 2.07. The number of thioether (sulfide) groups is 1. The van der Waals surface area contributed by atoms with Gasteiger partial charge in [-0.25, -0.2) is 0 Å². The van der Waals surface area contributed by atoms with Crippen LogP contribution in [0.1, 0.15) is 12.5 Å². The first-order chi connectivity index (χ1) is 6.22. The molecule has 0 spiro atoms. The molecule has 0 aliphatic rings. The van der Waals surface area contributed by atoms with Crippen LogP contribution in [0.15, 0.2) is 12.3 Å². The summed E-state index contributed by atoms with van der Waals surface area (Å²) in [7, 11) is 0. The molecule has 0 fully saturated rings. The van der Waals surface area contributed by atoms with Crippen molar-refractivity contribution in [1.82, 2.24) is 10.2 Å². The summed E-state index contributed by atoms with van der Waals surface area (Å²) in [5, 5.41) is 11.2. The summed E-state index contributed by atoms with van der Waals surface area (Å²) in [4.78, 5) is 0. The van der Waals surface area contributed by atoms with E-state index in [-0.39, 0.29) is 0 Å². The molecule has 1 heterocycles. The zero-order valence-corrected chi connectivity index (χ0v) is 9.06. The molecule has 1 atom stereocenters. The fourth-order valence-corrected chi connectivity index (χ4v) is 1.66. The first kappa shape index (κ1) is 10.3. The molecule has 0 radical (unpaired) electrons. The molecule has 3 nitrogen and oxygen atoms in total. The Labute approximate surface area is 83.3 Å². The fraction of sp³-hybridized carbons (Fsp3) is 0.556. The largest absolute Gasteiger partial charge is 0.365 e. The topological polar surface area (TPSA) is 37.8 Å². The lowest BCUT2D eigenvalue weighted by Crippen LogP contribution is -2.18. The van der Waals surface area contributed by atoms with E-state index in [1.807, 2.05) is 24.8 Å². The van der Waals surface area contributed by atoms with E-state index < -0.39 is 0 Å². The lowest BCUT2D eigenvalue weighted by atomic mass is 10.3. The van der Waals surface area contributed by atoms with Crippen LogP contribution in [0.5, 0.6) is 0 Å². The average Bonchev–Trinajstić information content (AvgIpc) is 2.04. The lowest BCUT2D eigenvalue weighted by molar-refractivity contribution is 0.883. The van der Waals surface area contributed by atoms with Gasteiger partial charge in [0, 0.05) is 11.8 Å². The van der Waals surface area contributed by atoms with Crippen LogP contribution in [-0.4, -0.2) is 28.2 Å². The number of anilines is 1. The van der Waals surface area contributed by atoms with Crippen LogP contribution in [0.3, 0.4) is 0 Å². The highest BCUT2D eigenvalue weighted by atomic mass is 32.2. The summed E-state index contributed by atoms with van der Waals surface area (Å²) in [6, 6.07) is 2.44. The highest BCUT2D eigenvalue weighted by Gasteiger charge is 2.01. The first-order valence-electron chi connectivity index (χ1n) is 4.27. The van der Waals surface area contributed by atoms with Crippen molar-refractivity contribution in [3.05, 3.63) is 17.8 Å². The third kappa shape index (κ3) is 3.63. The Morgan fingerprint density at radius 3 is 3.00 bits per heavy atom. The quantitative estimate of drug-likeness (QED) is 0.800. The summed E-state index contributed by atoms with van der Waals surface area (Å²) in [6.07, 6.45) is 3.85. The highest BCUT2D eigenvalue weighted by molar-refractivity contribution is 7.98. The third-order valence-corrected chi connectivity index (χ3v) is 2.44. The van der Waals surface area contributed by atoms with Gasteiger partial charge in [-0.1, -0.05) is 0 Å². The Morgan fingerprint density at radius 2 is 2.38 bits per heavy atom. The predicted molar refractivity (Wildman–Crippen MR) is 58.2 cm³/mol. The van der Waals surface area contributed by atoms with Gasteiger partial charge in [0.1, 0.15) is 5.82 Å². The van der Waals surface area contributed by atoms with Crippen molar-refractivity contribution >= 4 is 17.6 Å². The predicted octanol–water partition coefficient (Wildman–Crippen LogP) is 1.95. The van der Waals surface area contributed by atoms with Crippen LogP contribution >= 0.6 is 11.8 Å². The Hall–Kier alpha value is -0.770. The molecule has 72 valence electrons. The Balaban J connectivity index is 2.53. The summed E-state index contributed by atoms with van der Waals surface area (Å²) >= 11 is 1.82. The minimum atomic E-state index is 0.436. The molecule has 1 rings (SSSR count). The van der Waals surface area contributed by atoms with E-state index in [9.17, 15) is 0 Å². The van der Waals surface area contributed by atoms with Crippen molar-refractivity contribution < 1.29 is 0 Å². The van der Waals surface area contributed by atoms with E-state index in [1.165, 1.54) is 0 Å². The van der Waals surface area contributed by atoms with Gasteiger partial charge in [-0.05, 0) is 31.7 Å². The second-order valence-corrected chi connectivity index (χ2v) is 4.03. The zero-order valence-electron chi connectivity index (χ0n) is 8.24. The smallest absolute Gasteiger partial charge is 0.149 e. The number of aryl methyl sites for hydroxylation is 1. The van der Waals surface area contributed by atoms with Crippen molar-refractivity contribution in [2.24, 2.45) is 0 Å². The van der Waals surface area contributed by atoms with Gasteiger partial charge in [0.15, 0.2) is 0 Å². The van der Waals surface area contributed by atoms with Crippen molar-refractivity contribution in [2.75, 3.05) is 17.3 Å². The van der Waals surface area contributed by atoms with Gasteiger partial charge in [-0.3, -0.25) is 0 Å². The van der Waals surface area contributed by atoms with Gasteiger partial charge in [-0.15, -0.1) is 5.10 Å². The zero-order chi connectivity index (χ0) is 9.68. The van der Waals surface area contributed by atoms with Crippen LogP contribution in [0.25, 0.3) is 0 Å². The molecule has 0 saturated heterocycles. The molecule has 13 heavy (non-hydrogen) atoms. The summed E-state index contributed by atoms with van der Waals surface area (Å²) in [5.41, 5.74) is 1.13. The molecular weight excluding hydrogens is 182 g/mol. The molecular formula is C9H15N3S. The number of hydrogen-bond donors (Lipinski definition) is 1. The van der Waals surface area contributed by atoms with Gasteiger partial charge < -0.3 is 5.32 Å². The van der Waals surface area contributed by atoms with Crippen molar-refractivity contribution in [3.8, 4) is 0 Å². The average molecular weight is 197 g/mol. The molecule has 0 aliphatic carbocycles. The Morgan fingerprint density at radius 1 is 1.62 bits per heavy atom. The molecule has 1 unspecified atom stereocenters. The monoisotopic (exact) mass is 197 g/mol. The standard InChI is InChI=1S/C9H15N3S/c1-7-4-9(12-10-5-7)11-8(2)6-13-3/h4-5,8H,6H2,1-3H3,(H,11,12). The Kier molecular flexibility index (Phi) is 4.02. The number of nitrogens with one attached hydrogen (secondary N) is 1. The van der Waals surface area contributed by atoms with Crippen LogP contribution < -0.4 is 5.32 Å². The molecule has 0 saturated carbocycles. The summed E-state index contributed by atoms with van der Waals surface area (Å²) < 4.78 is 0. The first-order valence-corrected chi connectivity index (χ1v) is 5.66.